The van der Waals surface area contributed by atoms with Crippen LogP contribution in [0.15, 0.2) is 30.4 Å². The van der Waals surface area contributed by atoms with Crippen molar-refractivity contribution in [1.82, 2.24) is 4.90 Å². The molecule has 3 fully saturated rings. The summed E-state index contributed by atoms with van der Waals surface area (Å²) in [4.78, 5) is 40.4. The lowest BCUT2D eigenvalue weighted by atomic mass is 9.63. The third-order valence-corrected chi connectivity index (χ3v) is 7.19. The molecule has 1 heterocycles. The highest BCUT2D eigenvalue weighted by Crippen LogP contribution is 2.65. The number of carbonyl (C=O) groups is 3. The molecule has 1 saturated heterocycles. The molecule has 5 aliphatic rings. The minimum atomic E-state index is -0.801. The lowest BCUT2D eigenvalue weighted by Crippen LogP contribution is -2.46. The highest BCUT2D eigenvalue weighted by Gasteiger charge is 2.67. The van der Waals surface area contributed by atoms with E-state index in [0.29, 0.717) is 11.8 Å². The third kappa shape index (κ3) is 2.20. The van der Waals surface area contributed by atoms with Crippen LogP contribution in [0.25, 0.3) is 0 Å². The Hall–Kier alpha value is -2.43. The lowest BCUT2D eigenvalue weighted by Gasteiger charge is -2.37. The van der Waals surface area contributed by atoms with Crippen molar-refractivity contribution in [2.45, 2.75) is 33.2 Å². The van der Waals surface area contributed by atoms with Crippen molar-refractivity contribution < 1.29 is 14.4 Å². The van der Waals surface area contributed by atoms with E-state index in [2.05, 4.69) is 17.5 Å². The Labute approximate surface area is 158 Å². The summed E-state index contributed by atoms with van der Waals surface area (Å²) in [6, 6.07) is 5.01. The molecule has 7 atom stereocenters. The number of rotatable bonds is 3. The Morgan fingerprint density at radius 1 is 1.04 bits per heavy atom. The van der Waals surface area contributed by atoms with Gasteiger partial charge in [0.25, 0.3) is 0 Å². The van der Waals surface area contributed by atoms with Gasteiger partial charge in [-0.3, -0.25) is 19.3 Å². The fourth-order valence-electron chi connectivity index (χ4n) is 5.72. The number of anilines is 1. The molecule has 3 amide bonds. The first-order valence-electron chi connectivity index (χ1n) is 9.82. The Bertz CT molecular complexity index is 849. The molecule has 2 saturated carbocycles. The summed E-state index contributed by atoms with van der Waals surface area (Å²) >= 11 is 0. The topological polar surface area (TPSA) is 66.5 Å². The fourth-order valence-corrected chi connectivity index (χ4v) is 5.72. The number of allylic oxidation sites excluding steroid dienone is 2. The van der Waals surface area contributed by atoms with E-state index in [0.717, 1.165) is 23.2 Å². The second-order valence-corrected chi connectivity index (χ2v) is 8.63. The first-order chi connectivity index (χ1) is 12.9. The van der Waals surface area contributed by atoms with E-state index in [4.69, 9.17) is 0 Å². The summed E-state index contributed by atoms with van der Waals surface area (Å²) < 4.78 is 0. The molecule has 140 valence electrons. The maximum Gasteiger partial charge on any atom is 0.247 e. The van der Waals surface area contributed by atoms with Gasteiger partial charge in [0, 0.05) is 5.69 Å². The van der Waals surface area contributed by atoms with Gasteiger partial charge in [-0.15, -0.1) is 0 Å². The predicted octanol–water partition coefficient (Wildman–Crippen LogP) is 2.68. The number of hydrogen-bond donors (Lipinski definition) is 1. The summed E-state index contributed by atoms with van der Waals surface area (Å²) in [5, 5.41) is 2.93. The molecule has 1 aliphatic heterocycles. The fraction of sp³-hybridized carbons (Fsp3) is 0.500. The van der Waals surface area contributed by atoms with Gasteiger partial charge in [-0.1, -0.05) is 30.4 Å². The average molecular weight is 364 g/mol. The van der Waals surface area contributed by atoms with E-state index in [1.54, 1.807) is 6.92 Å². The number of aryl methyl sites for hydroxylation is 2. The van der Waals surface area contributed by atoms with Gasteiger partial charge in [0.05, 0.1) is 11.8 Å². The minimum Gasteiger partial charge on any atom is -0.324 e. The molecule has 0 aromatic heterocycles. The molecule has 1 aromatic rings. The van der Waals surface area contributed by atoms with Crippen molar-refractivity contribution in [3.05, 3.63) is 41.5 Å². The van der Waals surface area contributed by atoms with E-state index in [9.17, 15) is 14.4 Å². The number of nitrogens with zero attached hydrogens (tertiary/aromatic N) is 1. The van der Waals surface area contributed by atoms with Gasteiger partial charge in [-0.25, -0.2) is 0 Å². The zero-order chi connectivity index (χ0) is 19.0. The van der Waals surface area contributed by atoms with Crippen LogP contribution >= 0.6 is 0 Å². The molecule has 5 nitrogen and oxygen atoms in total. The number of para-hydroxylation sites is 1. The number of imide groups is 1. The smallest absolute Gasteiger partial charge is 0.247 e. The average Bonchev–Trinajstić information content (AvgIpc) is 3.42. The lowest BCUT2D eigenvalue weighted by molar-refractivity contribution is -0.146. The third-order valence-electron chi connectivity index (χ3n) is 7.19. The van der Waals surface area contributed by atoms with Gasteiger partial charge >= 0.3 is 0 Å². The molecular weight excluding hydrogens is 340 g/mol. The van der Waals surface area contributed by atoms with Crippen LogP contribution < -0.4 is 5.32 Å². The molecule has 5 heteroatoms. The Balaban J connectivity index is 1.40. The van der Waals surface area contributed by atoms with E-state index in [1.165, 1.54) is 4.90 Å². The van der Waals surface area contributed by atoms with Crippen molar-refractivity contribution >= 4 is 23.4 Å². The maximum absolute atomic E-state index is 13.1. The first kappa shape index (κ1) is 16.7. The zero-order valence-corrected chi connectivity index (χ0v) is 15.8. The van der Waals surface area contributed by atoms with Crippen LogP contribution in [0.3, 0.4) is 0 Å². The Morgan fingerprint density at radius 3 is 2.07 bits per heavy atom. The normalized spacial score (nSPS) is 36.5. The van der Waals surface area contributed by atoms with Crippen LogP contribution in [-0.4, -0.2) is 28.7 Å². The summed E-state index contributed by atoms with van der Waals surface area (Å²) in [6.07, 6.45) is 5.44. The molecule has 6 rings (SSSR count). The van der Waals surface area contributed by atoms with E-state index in [1.807, 2.05) is 32.0 Å². The van der Waals surface area contributed by atoms with Gasteiger partial charge in [-0.05, 0) is 62.0 Å². The van der Waals surface area contributed by atoms with Crippen LogP contribution in [0, 0.1) is 49.4 Å². The molecule has 2 bridgehead atoms. The summed E-state index contributed by atoms with van der Waals surface area (Å²) in [6.45, 7) is 5.53. The molecule has 1 aromatic carbocycles. The quantitative estimate of drug-likeness (QED) is 0.662. The van der Waals surface area contributed by atoms with Crippen molar-refractivity contribution in [3.8, 4) is 0 Å². The maximum atomic E-state index is 13.1. The van der Waals surface area contributed by atoms with E-state index < -0.39 is 6.04 Å². The minimum absolute atomic E-state index is 0.154. The van der Waals surface area contributed by atoms with Crippen LogP contribution in [0.2, 0.25) is 0 Å². The monoisotopic (exact) mass is 364 g/mol. The van der Waals surface area contributed by atoms with Gasteiger partial charge in [0.1, 0.15) is 6.04 Å². The van der Waals surface area contributed by atoms with Crippen molar-refractivity contribution in [2.75, 3.05) is 5.32 Å². The van der Waals surface area contributed by atoms with Crippen LogP contribution in [0.1, 0.15) is 24.5 Å². The van der Waals surface area contributed by atoms with Crippen LogP contribution in [-0.2, 0) is 14.4 Å². The van der Waals surface area contributed by atoms with Gasteiger partial charge in [-0.2, -0.15) is 0 Å². The summed E-state index contributed by atoms with van der Waals surface area (Å²) in [7, 11) is 0. The summed E-state index contributed by atoms with van der Waals surface area (Å²) in [5.41, 5.74) is 2.69. The second kappa shape index (κ2) is 5.54. The number of likely N-dealkylation sites (tertiary alicyclic amines) is 1. The number of carbonyl (C=O) groups excluding carboxylic acids is 3. The molecular formula is C22H24N2O3. The Morgan fingerprint density at radius 2 is 1.56 bits per heavy atom. The zero-order valence-electron chi connectivity index (χ0n) is 15.8. The van der Waals surface area contributed by atoms with Crippen molar-refractivity contribution in [2.24, 2.45) is 35.5 Å². The standard InChI is InChI=1S/C22H24N2O3/c1-10-5-4-6-11(2)19(10)23-20(25)12(3)24-21(26)17-13-7-8-14(16-9-15(13)16)18(17)22(24)27/h4-8,12-18H,9H2,1-3H3,(H,23,25)/t12-,13+,14+,15+,16+,17-,18-/m0/s1. The van der Waals surface area contributed by atoms with Gasteiger partial charge in [0.15, 0.2) is 0 Å². The largest absolute Gasteiger partial charge is 0.324 e. The number of nitrogens with one attached hydrogen (secondary N) is 1. The number of hydrogen-bond acceptors (Lipinski definition) is 3. The van der Waals surface area contributed by atoms with Crippen molar-refractivity contribution in [3.63, 3.8) is 0 Å². The SMILES string of the molecule is Cc1cccc(C)c1NC(=O)[C@H](C)N1C(=O)[C@H]2[C@@H]3C=C[C@H]([C@H]4C[C@H]34)[C@@H]2C1=O. The number of benzene rings is 1. The van der Waals surface area contributed by atoms with E-state index in [-0.39, 0.29) is 41.4 Å². The number of amides is 3. The van der Waals surface area contributed by atoms with Crippen LogP contribution in [0.5, 0.6) is 0 Å². The van der Waals surface area contributed by atoms with E-state index >= 15 is 0 Å². The van der Waals surface area contributed by atoms with Crippen LogP contribution in [0.4, 0.5) is 5.69 Å². The molecule has 0 radical (unpaired) electrons. The molecule has 0 unspecified atom stereocenters. The molecule has 0 spiro atoms. The molecule has 27 heavy (non-hydrogen) atoms. The van der Waals surface area contributed by atoms with Crippen molar-refractivity contribution in [1.29, 1.82) is 0 Å². The summed E-state index contributed by atoms with van der Waals surface area (Å²) in [5.74, 6) is 0.364. The van der Waals surface area contributed by atoms with Gasteiger partial charge in [0.2, 0.25) is 17.7 Å². The molecule has 1 N–H and O–H groups in total. The molecule has 4 aliphatic carbocycles. The van der Waals surface area contributed by atoms with Gasteiger partial charge < -0.3 is 5.32 Å². The highest BCUT2D eigenvalue weighted by molar-refractivity contribution is 6.10. The first-order valence-corrected chi connectivity index (χ1v) is 9.82. The second-order valence-electron chi connectivity index (χ2n) is 8.63. The highest BCUT2D eigenvalue weighted by atomic mass is 16.2. The predicted molar refractivity (Wildman–Crippen MR) is 101 cm³/mol. The Kier molecular flexibility index (Phi) is 3.43.